The number of aromatic amines is 1. The van der Waals surface area contributed by atoms with E-state index in [1.807, 2.05) is 6.07 Å². The van der Waals surface area contributed by atoms with E-state index in [0.29, 0.717) is 17.8 Å². The van der Waals surface area contributed by atoms with Crippen molar-refractivity contribution < 1.29 is 4.79 Å². The van der Waals surface area contributed by atoms with Crippen molar-refractivity contribution in [2.75, 3.05) is 12.3 Å². The molecule has 6 heteroatoms. The summed E-state index contributed by atoms with van der Waals surface area (Å²) in [7, 11) is 0. The van der Waals surface area contributed by atoms with Crippen LogP contribution in [-0.2, 0) is 6.42 Å². The quantitative estimate of drug-likeness (QED) is 0.582. The van der Waals surface area contributed by atoms with Crippen molar-refractivity contribution in [3.8, 4) is 0 Å². The van der Waals surface area contributed by atoms with Crippen LogP contribution in [0, 0.1) is 0 Å². The van der Waals surface area contributed by atoms with E-state index in [2.05, 4.69) is 31.2 Å². The average molecular weight is 323 g/mol. The van der Waals surface area contributed by atoms with Gasteiger partial charge in [-0.15, -0.1) is 0 Å². The molecule has 5 nitrogen and oxygen atoms in total. The number of H-pyrrole nitrogens is 1. The topological polar surface area (TPSA) is 83.8 Å². The number of benzene rings is 1. The molecular weight excluding hydrogens is 308 g/mol. The van der Waals surface area contributed by atoms with E-state index in [-0.39, 0.29) is 5.91 Å². The van der Waals surface area contributed by atoms with Gasteiger partial charge in [-0.25, -0.2) is 4.98 Å². The van der Waals surface area contributed by atoms with E-state index in [1.165, 1.54) is 0 Å². The third-order valence-electron chi connectivity index (χ3n) is 2.69. The predicted octanol–water partition coefficient (Wildman–Crippen LogP) is 2.12. The Labute approximate surface area is 119 Å². The minimum absolute atomic E-state index is 0.154. The molecule has 4 N–H and O–H groups in total. The fraction of sp³-hybridized carbons (Fsp3) is 0.231. The van der Waals surface area contributed by atoms with Crippen LogP contribution in [0.15, 0.2) is 35.1 Å². The second-order valence-corrected chi connectivity index (χ2v) is 5.04. The van der Waals surface area contributed by atoms with Crippen LogP contribution in [0.1, 0.15) is 22.6 Å². The summed E-state index contributed by atoms with van der Waals surface area (Å²) < 4.78 is 0.836. The second-order valence-electron chi connectivity index (χ2n) is 4.13. The van der Waals surface area contributed by atoms with Crippen molar-refractivity contribution in [3.63, 3.8) is 0 Å². The summed E-state index contributed by atoms with van der Waals surface area (Å²) in [5, 5.41) is 2.85. The molecule has 1 aromatic carbocycles. The third kappa shape index (κ3) is 3.82. The molecule has 100 valence electrons. The van der Waals surface area contributed by atoms with Crippen LogP contribution in [0.2, 0.25) is 0 Å². The van der Waals surface area contributed by atoms with Gasteiger partial charge in [0.1, 0.15) is 5.82 Å². The average Bonchev–Trinajstić information content (AvgIpc) is 2.90. The number of rotatable bonds is 5. The van der Waals surface area contributed by atoms with E-state index in [0.717, 1.165) is 23.1 Å². The fourth-order valence-corrected chi connectivity index (χ4v) is 2.07. The zero-order chi connectivity index (χ0) is 13.7. The predicted molar refractivity (Wildman–Crippen MR) is 77.8 cm³/mol. The third-order valence-corrected chi connectivity index (χ3v) is 3.18. The molecule has 0 fully saturated rings. The van der Waals surface area contributed by atoms with E-state index < -0.39 is 0 Å². The van der Waals surface area contributed by atoms with Crippen LogP contribution < -0.4 is 11.1 Å². The van der Waals surface area contributed by atoms with Crippen molar-refractivity contribution in [1.29, 1.82) is 0 Å². The number of nitrogens with two attached hydrogens (primary N) is 1. The van der Waals surface area contributed by atoms with Crippen LogP contribution in [0.5, 0.6) is 0 Å². The van der Waals surface area contributed by atoms with Gasteiger partial charge in [-0.2, -0.15) is 0 Å². The van der Waals surface area contributed by atoms with Crippen molar-refractivity contribution in [3.05, 3.63) is 46.5 Å². The molecule has 1 amide bonds. The first-order valence-corrected chi connectivity index (χ1v) is 6.77. The number of aryl methyl sites for hydroxylation is 1. The van der Waals surface area contributed by atoms with Gasteiger partial charge in [-0.1, -0.05) is 15.9 Å². The van der Waals surface area contributed by atoms with Crippen LogP contribution in [0.3, 0.4) is 0 Å². The number of imidazole rings is 1. The highest BCUT2D eigenvalue weighted by atomic mass is 79.9. The van der Waals surface area contributed by atoms with E-state index in [1.54, 1.807) is 24.5 Å². The number of carbonyl (C=O) groups excluding carboxylic acids is 1. The summed E-state index contributed by atoms with van der Waals surface area (Å²) in [5.41, 5.74) is 6.75. The Kier molecular flexibility index (Phi) is 4.57. The zero-order valence-corrected chi connectivity index (χ0v) is 11.9. The maximum atomic E-state index is 11.9. The normalized spacial score (nSPS) is 10.4. The lowest BCUT2D eigenvalue weighted by Gasteiger charge is -2.07. The highest BCUT2D eigenvalue weighted by Crippen LogP contribution is 2.18. The molecule has 2 rings (SSSR count). The summed E-state index contributed by atoms with van der Waals surface area (Å²) in [4.78, 5) is 19.1. The standard InChI is InChI=1S/C13H15BrN4O/c14-9-3-4-11(15)10(8-9)13(19)18-5-1-2-12-16-6-7-17-12/h3-4,6-8H,1-2,5,15H2,(H,16,17)(H,18,19). The molecular formula is C13H15BrN4O. The van der Waals surface area contributed by atoms with Crippen molar-refractivity contribution in [2.45, 2.75) is 12.8 Å². The van der Waals surface area contributed by atoms with Gasteiger partial charge in [0.05, 0.1) is 5.56 Å². The van der Waals surface area contributed by atoms with E-state index in [9.17, 15) is 4.79 Å². The van der Waals surface area contributed by atoms with Crippen molar-refractivity contribution in [2.24, 2.45) is 0 Å². The second kappa shape index (κ2) is 6.38. The Morgan fingerprint density at radius 3 is 3.05 bits per heavy atom. The smallest absolute Gasteiger partial charge is 0.253 e. The van der Waals surface area contributed by atoms with Crippen LogP contribution in [0.4, 0.5) is 5.69 Å². The van der Waals surface area contributed by atoms with Gasteiger partial charge in [-0.3, -0.25) is 4.79 Å². The van der Waals surface area contributed by atoms with E-state index >= 15 is 0 Å². The van der Waals surface area contributed by atoms with Crippen LogP contribution in [0.25, 0.3) is 0 Å². The van der Waals surface area contributed by atoms with Gasteiger partial charge in [-0.05, 0) is 24.6 Å². The summed E-state index contributed by atoms with van der Waals surface area (Å²) in [6, 6.07) is 5.24. The van der Waals surface area contributed by atoms with Gasteiger partial charge < -0.3 is 16.0 Å². The maximum Gasteiger partial charge on any atom is 0.253 e. The number of hydrogen-bond donors (Lipinski definition) is 3. The van der Waals surface area contributed by atoms with Crippen LogP contribution >= 0.6 is 15.9 Å². The number of nitrogen functional groups attached to an aromatic ring is 1. The van der Waals surface area contributed by atoms with Crippen molar-refractivity contribution in [1.82, 2.24) is 15.3 Å². The summed E-state index contributed by atoms with van der Waals surface area (Å²) >= 11 is 3.32. The molecule has 0 aliphatic carbocycles. The minimum Gasteiger partial charge on any atom is -0.398 e. The molecule has 1 aromatic heterocycles. The fourth-order valence-electron chi connectivity index (χ4n) is 1.71. The molecule has 0 saturated heterocycles. The number of nitrogens with one attached hydrogen (secondary N) is 2. The number of carbonyl (C=O) groups is 1. The molecule has 0 aliphatic rings. The molecule has 0 spiro atoms. The summed E-state index contributed by atoms with van der Waals surface area (Å²) in [6.07, 6.45) is 5.14. The Morgan fingerprint density at radius 2 is 2.32 bits per heavy atom. The number of amides is 1. The van der Waals surface area contributed by atoms with Crippen molar-refractivity contribution >= 4 is 27.5 Å². The largest absolute Gasteiger partial charge is 0.398 e. The highest BCUT2D eigenvalue weighted by molar-refractivity contribution is 9.10. The molecule has 19 heavy (non-hydrogen) atoms. The van der Waals surface area contributed by atoms with Gasteiger partial charge in [0.15, 0.2) is 0 Å². The number of aromatic nitrogens is 2. The number of halogens is 1. The molecule has 2 aromatic rings. The summed E-state index contributed by atoms with van der Waals surface area (Å²) in [6.45, 7) is 0.589. The Hall–Kier alpha value is -1.82. The number of nitrogens with zero attached hydrogens (tertiary/aromatic N) is 1. The molecule has 0 radical (unpaired) electrons. The molecule has 1 heterocycles. The lowest BCUT2D eigenvalue weighted by molar-refractivity contribution is 0.0954. The monoisotopic (exact) mass is 322 g/mol. The van der Waals surface area contributed by atoms with Crippen LogP contribution in [-0.4, -0.2) is 22.4 Å². The summed E-state index contributed by atoms with van der Waals surface area (Å²) in [5.74, 6) is 0.773. The lowest BCUT2D eigenvalue weighted by atomic mass is 10.1. The minimum atomic E-state index is -0.154. The zero-order valence-electron chi connectivity index (χ0n) is 10.3. The Morgan fingerprint density at radius 1 is 1.47 bits per heavy atom. The highest BCUT2D eigenvalue weighted by Gasteiger charge is 2.09. The first kappa shape index (κ1) is 13.6. The van der Waals surface area contributed by atoms with Gasteiger partial charge in [0, 0.05) is 35.5 Å². The molecule has 0 saturated carbocycles. The molecule has 0 unspecified atom stereocenters. The van der Waals surface area contributed by atoms with Gasteiger partial charge in [0.2, 0.25) is 0 Å². The van der Waals surface area contributed by atoms with Gasteiger partial charge in [0.25, 0.3) is 5.91 Å². The first-order chi connectivity index (χ1) is 9.16. The van der Waals surface area contributed by atoms with Gasteiger partial charge >= 0.3 is 0 Å². The Balaban J connectivity index is 1.82. The molecule has 0 atom stereocenters. The SMILES string of the molecule is Nc1ccc(Br)cc1C(=O)NCCCc1ncc[nH]1. The number of hydrogen-bond acceptors (Lipinski definition) is 3. The number of anilines is 1. The Bertz CT molecular complexity index is 554. The lowest BCUT2D eigenvalue weighted by Crippen LogP contribution is -2.25. The van der Waals surface area contributed by atoms with E-state index in [4.69, 9.17) is 5.73 Å². The molecule has 0 aliphatic heterocycles. The molecule has 0 bridgehead atoms. The first-order valence-electron chi connectivity index (χ1n) is 5.98. The maximum absolute atomic E-state index is 11.9.